The summed E-state index contributed by atoms with van der Waals surface area (Å²) in [6.07, 6.45) is 2.39. The van der Waals surface area contributed by atoms with E-state index in [1.54, 1.807) is 0 Å². The van der Waals surface area contributed by atoms with Crippen LogP contribution in [0.2, 0.25) is 0 Å². The minimum Gasteiger partial charge on any atom is -0.366 e. The number of hydrogen-bond donors (Lipinski definition) is 2. The van der Waals surface area contributed by atoms with Crippen molar-refractivity contribution in [3.63, 3.8) is 0 Å². The van der Waals surface area contributed by atoms with E-state index in [4.69, 9.17) is 4.74 Å². The SMILES string of the molecule is CCCCNC(=O)COC1CNC1. The van der Waals surface area contributed by atoms with Gasteiger partial charge in [-0.2, -0.15) is 0 Å². The topological polar surface area (TPSA) is 50.4 Å². The van der Waals surface area contributed by atoms with Gasteiger partial charge in [0.05, 0.1) is 6.10 Å². The Kier molecular flexibility index (Phi) is 4.78. The van der Waals surface area contributed by atoms with Crippen molar-refractivity contribution in [2.24, 2.45) is 0 Å². The number of carbonyl (C=O) groups excluding carboxylic acids is 1. The molecule has 0 unspecified atom stereocenters. The van der Waals surface area contributed by atoms with E-state index < -0.39 is 0 Å². The van der Waals surface area contributed by atoms with Crippen LogP contribution in [-0.2, 0) is 9.53 Å². The zero-order valence-electron chi connectivity index (χ0n) is 8.14. The predicted molar refractivity (Wildman–Crippen MR) is 50.5 cm³/mol. The molecule has 0 spiro atoms. The fourth-order valence-corrected chi connectivity index (χ4v) is 1.03. The van der Waals surface area contributed by atoms with Crippen LogP contribution in [0.3, 0.4) is 0 Å². The average Bonchev–Trinajstić information content (AvgIpc) is 2.02. The van der Waals surface area contributed by atoms with Crippen molar-refractivity contribution < 1.29 is 9.53 Å². The third-order valence-electron chi connectivity index (χ3n) is 2.05. The van der Waals surface area contributed by atoms with Gasteiger partial charge in [-0.1, -0.05) is 13.3 Å². The summed E-state index contributed by atoms with van der Waals surface area (Å²) in [6, 6.07) is 0. The lowest BCUT2D eigenvalue weighted by atomic mass is 10.2. The maximum absolute atomic E-state index is 11.1. The molecule has 76 valence electrons. The van der Waals surface area contributed by atoms with Crippen molar-refractivity contribution >= 4 is 5.91 Å². The minimum atomic E-state index is 0.000324. The van der Waals surface area contributed by atoms with Gasteiger partial charge in [0.1, 0.15) is 6.61 Å². The van der Waals surface area contributed by atoms with Gasteiger partial charge in [0.15, 0.2) is 0 Å². The van der Waals surface area contributed by atoms with Crippen LogP contribution in [0.1, 0.15) is 19.8 Å². The van der Waals surface area contributed by atoms with Crippen LogP contribution in [0, 0.1) is 0 Å². The molecule has 1 aliphatic heterocycles. The number of unbranched alkanes of at least 4 members (excludes halogenated alkanes) is 1. The molecule has 1 heterocycles. The minimum absolute atomic E-state index is 0.000324. The molecule has 0 aromatic carbocycles. The summed E-state index contributed by atoms with van der Waals surface area (Å²) in [5, 5.41) is 5.88. The third kappa shape index (κ3) is 4.24. The molecular weight excluding hydrogens is 168 g/mol. The normalized spacial score (nSPS) is 16.7. The van der Waals surface area contributed by atoms with Gasteiger partial charge in [0, 0.05) is 19.6 Å². The Balaban J connectivity index is 1.90. The molecule has 4 nitrogen and oxygen atoms in total. The van der Waals surface area contributed by atoms with Crippen LogP contribution in [0.5, 0.6) is 0 Å². The third-order valence-corrected chi connectivity index (χ3v) is 2.05. The smallest absolute Gasteiger partial charge is 0.246 e. The van der Waals surface area contributed by atoms with E-state index in [1.807, 2.05) is 0 Å². The number of carbonyl (C=O) groups is 1. The number of amides is 1. The summed E-state index contributed by atoms with van der Waals surface area (Å²) in [5.74, 6) is 0.000324. The lowest BCUT2D eigenvalue weighted by molar-refractivity contribution is -0.128. The Bertz CT molecular complexity index is 158. The molecule has 0 bridgehead atoms. The Morgan fingerprint density at radius 1 is 1.62 bits per heavy atom. The lowest BCUT2D eigenvalue weighted by Gasteiger charge is -2.26. The first-order valence-electron chi connectivity index (χ1n) is 4.92. The molecule has 1 amide bonds. The zero-order chi connectivity index (χ0) is 9.52. The Hall–Kier alpha value is -0.610. The first kappa shape index (κ1) is 10.5. The van der Waals surface area contributed by atoms with Gasteiger partial charge >= 0.3 is 0 Å². The highest BCUT2D eigenvalue weighted by molar-refractivity contribution is 5.77. The van der Waals surface area contributed by atoms with Crippen molar-refractivity contribution in [3.05, 3.63) is 0 Å². The Labute approximate surface area is 79.0 Å². The van der Waals surface area contributed by atoms with Crippen molar-refractivity contribution in [2.75, 3.05) is 26.2 Å². The molecule has 0 atom stereocenters. The highest BCUT2D eigenvalue weighted by Crippen LogP contribution is 1.96. The summed E-state index contributed by atoms with van der Waals surface area (Å²) in [5.41, 5.74) is 0. The maximum Gasteiger partial charge on any atom is 0.246 e. The van der Waals surface area contributed by atoms with E-state index in [2.05, 4.69) is 17.6 Å². The van der Waals surface area contributed by atoms with Crippen LogP contribution in [0.15, 0.2) is 0 Å². The molecule has 0 saturated carbocycles. The zero-order valence-corrected chi connectivity index (χ0v) is 8.14. The van der Waals surface area contributed by atoms with E-state index in [-0.39, 0.29) is 18.6 Å². The second-order valence-corrected chi connectivity index (χ2v) is 3.29. The van der Waals surface area contributed by atoms with E-state index in [9.17, 15) is 4.79 Å². The summed E-state index contributed by atoms with van der Waals surface area (Å²) in [7, 11) is 0. The fraction of sp³-hybridized carbons (Fsp3) is 0.889. The van der Waals surface area contributed by atoms with Crippen molar-refractivity contribution in [3.8, 4) is 0 Å². The van der Waals surface area contributed by atoms with Gasteiger partial charge < -0.3 is 15.4 Å². The largest absolute Gasteiger partial charge is 0.366 e. The Morgan fingerprint density at radius 2 is 2.38 bits per heavy atom. The first-order chi connectivity index (χ1) is 6.33. The van der Waals surface area contributed by atoms with Gasteiger partial charge in [-0.25, -0.2) is 0 Å². The van der Waals surface area contributed by atoms with Gasteiger partial charge in [0.25, 0.3) is 0 Å². The fourth-order valence-electron chi connectivity index (χ4n) is 1.03. The highest BCUT2D eigenvalue weighted by atomic mass is 16.5. The van der Waals surface area contributed by atoms with E-state index in [0.717, 1.165) is 32.5 Å². The van der Waals surface area contributed by atoms with Gasteiger partial charge in [0.2, 0.25) is 5.91 Å². The molecule has 1 aliphatic rings. The second kappa shape index (κ2) is 5.94. The number of nitrogens with one attached hydrogen (secondary N) is 2. The molecule has 0 aromatic rings. The molecule has 1 rings (SSSR count). The molecule has 4 heteroatoms. The van der Waals surface area contributed by atoms with Crippen LogP contribution in [0.4, 0.5) is 0 Å². The molecule has 2 N–H and O–H groups in total. The molecule has 0 radical (unpaired) electrons. The summed E-state index contributed by atoms with van der Waals surface area (Å²) in [4.78, 5) is 11.1. The highest BCUT2D eigenvalue weighted by Gasteiger charge is 2.17. The summed E-state index contributed by atoms with van der Waals surface area (Å²) < 4.78 is 5.30. The molecule has 1 fully saturated rings. The second-order valence-electron chi connectivity index (χ2n) is 3.29. The number of hydrogen-bond acceptors (Lipinski definition) is 3. The van der Waals surface area contributed by atoms with Crippen molar-refractivity contribution in [1.82, 2.24) is 10.6 Å². The molecule has 13 heavy (non-hydrogen) atoms. The molecular formula is C9H18N2O2. The average molecular weight is 186 g/mol. The number of rotatable bonds is 6. The van der Waals surface area contributed by atoms with E-state index >= 15 is 0 Å². The molecule has 1 saturated heterocycles. The van der Waals surface area contributed by atoms with E-state index in [1.165, 1.54) is 0 Å². The monoisotopic (exact) mass is 186 g/mol. The van der Waals surface area contributed by atoms with Crippen LogP contribution < -0.4 is 10.6 Å². The lowest BCUT2D eigenvalue weighted by Crippen LogP contribution is -2.49. The van der Waals surface area contributed by atoms with Crippen molar-refractivity contribution in [2.45, 2.75) is 25.9 Å². The maximum atomic E-state index is 11.1. The van der Waals surface area contributed by atoms with Gasteiger partial charge in [-0.15, -0.1) is 0 Å². The quantitative estimate of drug-likeness (QED) is 0.569. The molecule has 0 aromatic heterocycles. The summed E-state index contributed by atoms with van der Waals surface area (Å²) in [6.45, 7) is 4.82. The van der Waals surface area contributed by atoms with Crippen LogP contribution >= 0.6 is 0 Å². The summed E-state index contributed by atoms with van der Waals surface area (Å²) >= 11 is 0. The van der Waals surface area contributed by atoms with Gasteiger partial charge in [-0.3, -0.25) is 4.79 Å². The predicted octanol–water partition coefficient (Wildman–Crippen LogP) is -0.109. The Morgan fingerprint density at radius 3 is 2.92 bits per heavy atom. The van der Waals surface area contributed by atoms with Crippen LogP contribution in [-0.4, -0.2) is 38.3 Å². The van der Waals surface area contributed by atoms with Crippen LogP contribution in [0.25, 0.3) is 0 Å². The van der Waals surface area contributed by atoms with Crippen molar-refractivity contribution in [1.29, 1.82) is 0 Å². The molecule has 0 aliphatic carbocycles. The van der Waals surface area contributed by atoms with E-state index in [0.29, 0.717) is 0 Å². The van der Waals surface area contributed by atoms with Gasteiger partial charge in [-0.05, 0) is 6.42 Å². The first-order valence-corrected chi connectivity index (χ1v) is 4.92. The standard InChI is InChI=1S/C9H18N2O2/c1-2-3-4-11-9(12)7-13-8-5-10-6-8/h8,10H,2-7H2,1H3,(H,11,12). The number of ether oxygens (including phenoxy) is 1.